The Morgan fingerprint density at radius 2 is 1.46 bits per heavy atom. The summed E-state index contributed by atoms with van der Waals surface area (Å²) in [6, 6.07) is 3.89. The lowest BCUT2D eigenvalue weighted by molar-refractivity contribution is -0.222. The molecular weight excluding hydrogens is 318 g/mol. The summed E-state index contributed by atoms with van der Waals surface area (Å²) < 4.78 is 9.86. The second-order valence-corrected chi connectivity index (χ2v) is 5.41. The normalized spacial score (nSPS) is 16.0. The van der Waals surface area contributed by atoms with E-state index >= 15 is 0 Å². The minimum absolute atomic E-state index is 0.0298. The van der Waals surface area contributed by atoms with Gasteiger partial charge in [-0.25, -0.2) is 9.59 Å². The van der Waals surface area contributed by atoms with Gasteiger partial charge in [-0.05, 0) is 18.2 Å². The molecule has 24 heavy (non-hydrogen) atoms. The highest BCUT2D eigenvalue weighted by Gasteiger charge is 2.38. The first kappa shape index (κ1) is 17.0. The van der Waals surface area contributed by atoms with E-state index in [1.807, 2.05) is 0 Å². The molecule has 2 amide bonds. The Kier molecular flexibility index (Phi) is 4.27. The van der Waals surface area contributed by atoms with Gasteiger partial charge in [0.25, 0.3) is 5.79 Å². The molecule has 0 bridgehead atoms. The third-order valence-corrected chi connectivity index (χ3v) is 3.00. The molecule has 1 aliphatic rings. The number of amides is 2. The molecule has 9 heteroatoms. The number of esters is 2. The van der Waals surface area contributed by atoms with Gasteiger partial charge in [-0.1, -0.05) is 0 Å². The topological polar surface area (TPSA) is 151 Å². The predicted octanol–water partition coefficient (Wildman–Crippen LogP) is 0.0163. The van der Waals surface area contributed by atoms with E-state index < -0.39 is 29.5 Å². The maximum Gasteiger partial charge on any atom is 0.350 e. The van der Waals surface area contributed by atoms with Crippen molar-refractivity contribution in [2.24, 2.45) is 11.5 Å². The largest absolute Gasteiger partial charge is 0.419 e. The van der Waals surface area contributed by atoms with Crippen LogP contribution in [0.1, 0.15) is 34.6 Å². The third kappa shape index (κ3) is 3.69. The fraction of sp³-hybridized carbons (Fsp3) is 0.200. The van der Waals surface area contributed by atoms with E-state index in [9.17, 15) is 19.2 Å². The van der Waals surface area contributed by atoms with E-state index in [0.717, 1.165) is 6.20 Å². The van der Waals surface area contributed by atoms with E-state index in [2.05, 4.69) is 5.32 Å². The Morgan fingerprint density at radius 1 is 1.00 bits per heavy atom. The van der Waals surface area contributed by atoms with Crippen molar-refractivity contribution >= 4 is 29.4 Å². The number of rotatable bonds is 4. The number of nitrogens with two attached hydrogens (primary N) is 2. The Labute approximate surface area is 136 Å². The van der Waals surface area contributed by atoms with Crippen LogP contribution in [0.5, 0.6) is 0 Å². The van der Waals surface area contributed by atoms with E-state index in [0.29, 0.717) is 0 Å². The van der Waals surface area contributed by atoms with Gasteiger partial charge >= 0.3 is 11.9 Å². The molecule has 0 radical (unpaired) electrons. The van der Waals surface area contributed by atoms with Crippen molar-refractivity contribution < 1.29 is 28.7 Å². The number of benzene rings is 1. The molecule has 0 saturated carbocycles. The average Bonchev–Trinajstić information content (AvgIpc) is 2.44. The molecule has 1 aromatic rings. The molecule has 1 fully saturated rings. The third-order valence-electron chi connectivity index (χ3n) is 3.00. The van der Waals surface area contributed by atoms with E-state index in [1.54, 1.807) is 0 Å². The zero-order valence-electron chi connectivity index (χ0n) is 12.9. The number of hydrogen-bond donors (Lipinski definition) is 3. The van der Waals surface area contributed by atoms with Crippen molar-refractivity contribution in [3.63, 3.8) is 0 Å². The first-order chi connectivity index (χ1) is 11.1. The van der Waals surface area contributed by atoms with Crippen LogP contribution in [0.15, 0.2) is 30.0 Å². The lowest BCUT2D eigenvalue weighted by Crippen LogP contribution is -2.42. The molecule has 1 saturated heterocycles. The van der Waals surface area contributed by atoms with Crippen molar-refractivity contribution in [2.45, 2.75) is 19.6 Å². The maximum atomic E-state index is 11.8. The second kappa shape index (κ2) is 6.03. The zero-order valence-corrected chi connectivity index (χ0v) is 12.9. The molecule has 5 N–H and O–H groups in total. The quantitative estimate of drug-likeness (QED) is 0.399. The van der Waals surface area contributed by atoms with Crippen molar-refractivity contribution in [3.05, 3.63) is 41.1 Å². The van der Waals surface area contributed by atoms with Gasteiger partial charge < -0.3 is 26.3 Å². The maximum absolute atomic E-state index is 11.8. The van der Waals surface area contributed by atoms with Crippen molar-refractivity contribution in [2.75, 3.05) is 5.32 Å². The molecule has 1 heterocycles. The Morgan fingerprint density at radius 3 is 1.88 bits per heavy atom. The number of nitrogens with one attached hydrogen (secondary N) is 1. The summed E-state index contributed by atoms with van der Waals surface area (Å²) in [5.74, 6) is -4.63. The summed E-state index contributed by atoms with van der Waals surface area (Å²) >= 11 is 0. The van der Waals surface area contributed by atoms with Gasteiger partial charge in [0.05, 0.1) is 0 Å². The lowest BCUT2D eigenvalue weighted by atomic mass is 10.1. The van der Waals surface area contributed by atoms with Crippen LogP contribution < -0.4 is 16.8 Å². The number of cyclic esters (lactones) is 2. The van der Waals surface area contributed by atoms with Crippen LogP contribution >= 0.6 is 0 Å². The van der Waals surface area contributed by atoms with Crippen molar-refractivity contribution in [1.29, 1.82) is 0 Å². The molecule has 0 aromatic heterocycles. The van der Waals surface area contributed by atoms with E-state index in [1.165, 1.54) is 32.0 Å². The standard InChI is InChI=1S/C15H15N3O6/c1-15(2)23-13(21)10(14(22)24-15)6-18-9-4-7(11(16)19)3-8(5-9)12(17)20/h3-6,18H,1-2H3,(H2,16,19)(H2,17,20). The predicted molar refractivity (Wildman–Crippen MR) is 81.4 cm³/mol. The molecule has 9 nitrogen and oxygen atoms in total. The summed E-state index contributed by atoms with van der Waals surface area (Å²) in [5.41, 5.74) is 10.3. The first-order valence-electron chi connectivity index (χ1n) is 6.77. The summed E-state index contributed by atoms with van der Waals surface area (Å²) in [6.07, 6.45) is 1.05. The fourth-order valence-electron chi connectivity index (χ4n) is 1.93. The number of primary amides is 2. The highest BCUT2D eigenvalue weighted by molar-refractivity contribution is 6.15. The minimum Gasteiger partial charge on any atom is -0.419 e. The van der Waals surface area contributed by atoms with Crippen LogP contribution in [0.2, 0.25) is 0 Å². The molecular formula is C15H15N3O6. The van der Waals surface area contributed by atoms with Crippen LogP contribution in [-0.4, -0.2) is 29.5 Å². The molecule has 0 spiro atoms. The van der Waals surface area contributed by atoms with Crippen LogP contribution in [-0.2, 0) is 19.1 Å². The number of ether oxygens (including phenoxy) is 2. The lowest BCUT2D eigenvalue weighted by Gasteiger charge is -2.29. The van der Waals surface area contributed by atoms with Gasteiger partial charge in [0.1, 0.15) is 0 Å². The molecule has 0 atom stereocenters. The minimum atomic E-state index is -1.35. The van der Waals surface area contributed by atoms with Crippen LogP contribution in [0, 0.1) is 0 Å². The fourth-order valence-corrected chi connectivity index (χ4v) is 1.93. The van der Waals surface area contributed by atoms with Crippen LogP contribution in [0.4, 0.5) is 5.69 Å². The van der Waals surface area contributed by atoms with Gasteiger partial charge in [-0.15, -0.1) is 0 Å². The highest BCUT2D eigenvalue weighted by Crippen LogP contribution is 2.23. The average molecular weight is 333 g/mol. The number of hydrogen-bond acceptors (Lipinski definition) is 7. The number of anilines is 1. The molecule has 126 valence electrons. The zero-order chi connectivity index (χ0) is 18.1. The molecule has 0 aliphatic carbocycles. The Hall–Kier alpha value is -3.36. The Balaban J connectivity index is 2.31. The van der Waals surface area contributed by atoms with Crippen LogP contribution in [0.25, 0.3) is 0 Å². The SMILES string of the molecule is CC1(C)OC(=O)C(=CNc2cc(C(N)=O)cc(C(N)=O)c2)C(=O)O1. The van der Waals surface area contributed by atoms with E-state index in [-0.39, 0.29) is 22.4 Å². The second-order valence-electron chi connectivity index (χ2n) is 5.41. The molecule has 1 aromatic carbocycles. The van der Waals surface area contributed by atoms with Crippen molar-refractivity contribution in [1.82, 2.24) is 0 Å². The van der Waals surface area contributed by atoms with Gasteiger partial charge in [-0.2, -0.15) is 0 Å². The van der Waals surface area contributed by atoms with Gasteiger partial charge in [0.2, 0.25) is 11.8 Å². The smallest absolute Gasteiger partial charge is 0.350 e. The number of carbonyl (C=O) groups is 4. The highest BCUT2D eigenvalue weighted by atomic mass is 16.7. The first-order valence-corrected chi connectivity index (χ1v) is 6.77. The van der Waals surface area contributed by atoms with Gasteiger partial charge in [0, 0.05) is 36.9 Å². The summed E-state index contributed by atoms with van der Waals surface area (Å²) in [6.45, 7) is 2.84. The van der Waals surface area contributed by atoms with Crippen LogP contribution in [0.3, 0.4) is 0 Å². The number of carbonyl (C=O) groups excluding carboxylic acids is 4. The molecule has 0 unspecified atom stereocenters. The summed E-state index contributed by atoms with van der Waals surface area (Å²) in [7, 11) is 0. The summed E-state index contributed by atoms with van der Waals surface area (Å²) in [5, 5.41) is 2.61. The van der Waals surface area contributed by atoms with Gasteiger partial charge in [-0.3, -0.25) is 9.59 Å². The molecule has 1 aliphatic heterocycles. The van der Waals surface area contributed by atoms with Gasteiger partial charge in [0.15, 0.2) is 5.57 Å². The monoisotopic (exact) mass is 333 g/mol. The Bertz CT molecular complexity index is 727. The van der Waals surface area contributed by atoms with Crippen molar-refractivity contribution in [3.8, 4) is 0 Å². The van der Waals surface area contributed by atoms with E-state index in [4.69, 9.17) is 20.9 Å². The molecule has 2 rings (SSSR count). The summed E-state index contributed by atoms with van der Waals surface area (Å²) in [4.78, 5) is 46.2.